The van der Waals surface area contributed by atoms with Crippen LogP contribution in [0, 0.1) is 17.1 Å². The van der Waals surface area contributed by atoms with Gasteiger partial charge in [0, 0.05) is 36.6 Å². The molecule has 0 bridgehead atoms. The highest BCUT2D eigenvalue weighted by molar-refractivity contribution is 5.65. The minimum atomic E-state index is -0.197. The highest BCUT2D eigenvalue weighted by Crippen LogP contribution is 2.20. The zero-order chi connectivity index (χ0) is 15.5. The fourth-order valence-electron chi connectivity index (χ4n) is 2.69. The predicted octanol–water partition coefficient (Wildman–Crippen LogP) is 3.58. The van der Waals surface area contributed by atoms with Crippen molar-refractivity contribution in [2.75, 3.05) is 7.05 Å². The topological polar surface area (TPSA) is 31.4 Å². The molecule has 2 aromatic heterocycles. The second-order valence-electron chi connectivity index (χ2n) is 5.40. The van der Waals surface area contributed by atoms with Crippen LogP contribution in [0.3, 0.4) is 0 Å². The van der Waals surface area contributed by atoms with E-state index < -0.39 is 0 Å². The third kappa shape index (κ3) is 2.72. The number of nitrogens with zero attached hydrogens (tertiary/aromatic N) is 3. The first-order valence-electron chi connectivity index (χ1n) is 7.09. The molecule has 0 amide bonds. The van der Waals surface area contributed by atoms with Gasteiger partial charge in [-0.05, 0) is 25.2 Å². The SMILES string of the molecule is CN(Cc1ccccc1F)Cc1cn2ccccc2c1C#N. The Kier molecular flexibility index (Phi) is 3.90. The van der Waals surface area contributed by atoms with Crippen LogP contribution in [0.2, 0.25) is 0 Å². The summed E-state index contributed by atoms with van der Waals surface area (Å²) in [7, 11) is 1.93. The number of fused-ring (bicyclic) bond motifs is 1. The quantitative estimate of drug-likeness (QED) is 0.736. The van der Waals surface area contributed by atoms with Gasteiger partial charge in [0.05, 0.1) is 11.1 Å². The number of rotatable bonds is 4. The van der Waals surface area contributed by atoms with Gasteiger partial charge in [-0.2, -0.15) is 5.26 Å². The lowest BCUT2D eigenvalue weighted by Crippen LogP contribution is -2.18. The Labute approximate surface area is 128 Å². The van der Waals surface area contributed by atoms with Crippen molar-refractivity contribution in [3.8, 4) is 6.07 Å². The molecule has 0 saturated carbocycles. The van der Waals surface area contributed by atoms with E-state index in [9.17, 15) is 9.65 Å². The summed E-state index contributed by atoms with van der Waals surface area (Å²) in [5.74, 6) is -0.197. The molecular weight excluding hydrogens is 277 g/mol. The van der Waals surface area contributed by atoms with Crippen molar-refractivity contribution >= 4 is 5.52 Å². The number of pyridine rings is 1. The molecule has 110 valence electrons. The summed E-state index contributed by atoms with van der Waals surface area (Å²) in [6, 6.07) is 14.8. The van der Waals surface area contributed by atoms with Gasteiger partial charge in [-0.1, -0.05) is 24.3 Å². The van der Waals surface area contributed by atoms with Gasteiger partial charge in [-0.15, -0.1) is 0 Å². The summed E-state index contributed by atoms with van der Waals surface area (Å²) in [6.45, 7) is 1.10. The number of aromatic nitrogens is 1. The summed E-state index contributed by atoms with van der Waals surface area (Å²) < 4.78 is 15.7. The second kappa shape index (κ2) is 6.00. The maximum absolute atomic E-state index is 13.7. The summed E-state index contributed by atoms with van der Waals surface area (Å²) in [4.78, 5) is 2.01. The number of benzene rings is 1. The monoisotopic (exact) mass is 293 g/mol. The molecule has 0 unspecified atom stereocenters. The van der Waals surface area contributed by atoms with Crippen LogP contribution in [-0.2, 0) is 13.1 Å². The van der Waals surface area contributed by atoms with E-state index in [1.807, 2.05) is 53.0 Å². The van der Waals surface area contributed by atoms with Gasteiger partial charge in [0.2, 0.25) is 0 Å². The van der Waals surface area contributed by atoms with Gasteiger partial charge in [-0.3, -0.25) is 4.90 Å². The van der Waals surface area contributed by atoms with E-state index >= 15 is 0 Å². The van der Waals surface area contributed by atoms with Crippen molar-refractivity contribution in [2.45, 2.75) is 13.1 Å². The average Bonchev–Trinajstić information content (AvgIpc) is 2.86. The van der Waals surface area contributed by atoms with E-state index in [1.54, 1.807) is 12.1 Å². The number of halogens is 1. The average molecular weight is 293 g/mol. The Bertz CT molecular complexity index is 845. The first-order chi connectivity index (χ1) is 10.7. The summed E-state index contributed by atoms with van der Waals surface area (Å²) in [6.07, 6.45) is 3.89. The number of hydrogen-bond acceptors (Lipinski definition) is 2. The Hall–Kier alpha value is -2.64. The fraction of sp³-hybridized carbons (Fsp3) is 0.167. The van der Waals surface area contributed by atoms with Crippen molar-refractivity contribution < 1.29 is 4.39 Å². The molecule has 22 heavy (non-hydrogen) atoms. The van der Waals surface area contributed by atoms with Crippen molar-refractivity contribution in [2.24, 2.45) is 0 Å². The molecule has 0 saturated heterocycles. The van der Waals surface area contributed by atoms with Gasteiger partial charge >= 0.3 is 0 Å². The lowest BCUT2D eigenvalue weighted by molar-refractivity contribution is 0.313. The van der Waals surface area contributed by atoms with Crippen LogP contribution in [-0.4, -0.2) is 16.3 Å². The maximum Gasteiger partial charge on any atom is 0.127 e. The number of hydrogen-bond donors (Lipinski definition) is 0. The van der Waals surface area contributed by atoms with Crippen LogP contribution in [0.5, 0.6) is 0 Å². The molecule has 3 nitrogen and oxygen atoms in total. The molecule has 0 aliphatic rings. The minimum absolute atomic E-state index is 0.197. The highest BCUT2D eigenvalue weighted by Gasteiger charge is 2.13. The Morgan fingerprint density at radius 2 is 1.82 bits per heavy atom. The molecule has 0 fully saturated rings. The largest absolute Gasteiger partial charge is 0.322 e. The predicted molar refractivity (Wildman–Crippen MR) is 83.7 cm³/mol. The molecule has 0 aliphatic carbocycles. The smallest absolute Gasteiger partial charge is 0.127 e. The van der Waals surface area contributed by atoms with E-state index in [-0.39, 0.29) is 5.82 Å². The molecule has 0 aliphatic heterocycles. The Morgan fingerprint density at radius 3 is 2.59 bits per heavy atom. The van der Waals surface area contributed by atoms with Gasteiger partial charge < -0.3 is 4.40 Å². The van der Waals surface area contributed by atoms with Crippen molar-refractivity contribution in [1.29, 1.82) is 5.26 Å². The molecular formula is C18H16FN3. The molecule has 0 spiro atoms. The van der Waals surface area contributed by atoms with E-state index in [4.69, 9.17) is 0 Å². The van der Waals surface area contributed by atoms with Crippen LogP contribution >= 0.6 is 0 Å². The maximum atomic E-state index is 13.7. The van der Waals surface area contributed by atoms with E-state index in [0.29, 0.717) is 24.2 Å². The van der Waals surface area contributed by atoms with Crippen LogP contribution in [0.1, 0.15) is 16.7 Å². The zero-order valence-electron chi connectivity index (χ0n) is 12.3. The molecule has 4 heteroatoms. The summed E-state index contributed by atoms with van der Waals surface area (Å²) >= 11 is 0. The van der Waals surface area contributed by atoms with Gasteiger partial charge in [0.1, 0.15) is 11.9 Å². The van der Waals surface area contributed by atoms with Crippen LogP contribution < -0.4 is 0 Å². The summed E-state index contributed by atoms with van der Waals surface area (Å²) in [5.41, 5.74) is 3.19. The Morgan fingerprint density at radius 1 is 1.09 bits per heavy atom. The van der Waals surface area contributed by atoms with E-state index in [0.717, 1.165) is 11.1 Å². The Balaban J connectivity index is 1.84. The third-order valence-electron chi connectivity index (χ3n) is 3.71. The van der Waals surface area contributed by atoms with Crippen molar-refractivity contribution in [3.05, 3.63) is 77.4 Å². The van der Waals surface area contributed by atoms with Crippen molar-refractivity contribution in [3.63, 3.8) is 0 Å². The molecule has 3 aromatic rings. The standard InChI is InChI=1S/C18H16FN3/c1-21(11-14-6-2-3-7-17(14)19)12-15-13-22-9-5-4-8-18(22)16(15)10-20/h2-9,13H,11-12H2,1H3. The van der Waals surface area contributed by atoms with Crippen LogP contribution in [0.25, 0.3) is 5.52 Å². The lowest BCUT2D eigenvalue weighted by Gasteiger charge is -2.16. The normalized spacial score (nSPS) is 11.0. The van der Waals surface area contributed by atoms with E-state index in [2.05, 4.69) is 6.07 Å². The van der Waals surface area contributed by atoms with Crippen LogP contribution in [0.15, 0.2) is 54.9 Å². The third-order valence-corrected chi connectivity index (χ3v) is 3.71. The highest BCUT2D eigenvalue weighted by atomic mass is 19.1. The molecule has 3 rings (SSSR count). The van der Waals surface area contributed by atoms with Gasteiger partial charge in [-0.25, -0.2) is 4.39 Å². The first-order valence-corrected chi connectivity index (χ1v) is 7.09. The molecule has 2 heterocycles. The van der Waals surface area contributed by atoms with Crippen LogP contribution in [0.4, 0.5) is 4.39 Å². The molecule has 1 aromatic carbocycles. The van der Waals surface area contributed by atoms with Gasteiger partial charge in [0.15, 0.2) is 0 Å². The number of nitriles is 1. The molecule has 0 N–H and O–H groups in total. The fourth-order valence-corrected chi connectivity index (χ4v) is 2.69. The lowest BCUT2D eigenvalue weighted by atomic mass is 10.1. The summed E-state index contributed by atoms with van der Waals surface area (Å²) in [5, 5.41) is 9.41. The van der Waals surface area contributed by atoms with Gasteiger partial charge in [0.25, 0.3) is 0 Å². The zero-order valence-corrected chi connectivity index (χ0v) is 12.3. The first kappa shape index (κ1) is 14.3. The van der Waals surface area contributed by atoms with Crippen molar-refractivity contribution in [1.82, 2.24) is 9.30 Å². The minimum Gasteiger partial charge on any atom is -0.322 e. The van der Waals surface area contributed by atoms with E-state index in [1.165, 1.54) is 6.07 Å². The molecule has 0 radical (unpaired) electrons. The molecule has 0 atom stereocenters. The second-order valence-corrected chi connectivity index (χ2v) is 5.40.